The number of aliphatic hydroxyl groups excluding tert-OH is 2. The van der Waals surface area contributed by atoms with Gasteiger partial charge in [-0.1, -0.05) is 19.4 Å². The molecule has 3 fully saturated rings. The maximum absolute atomic E-state index is 12.5. The minimum atomic E-state index is -0.143. The zero-order valence-electron chi connectivity index (χ0n) is 15.1. The summed E-state index contributed by atoms with van der Waals surface area (Å²) in [6.45, 7) is 6.58. The van der Waals surface area contributed by atoms with Gasteiger partial charge in [0.25, 0.3) is 0 Å². The fourth-order valence-electron chi connectivity index (χ4n) is 7.09. The number of fused-ring (bicyclic) bond motifs is 5. The molecule has 6 atom stereocenters. The number of hydrogen-bond acceptors (Lipinski definition) is 3. The van der Waals surface area contributed by atoms with Gasteiger partial charge in [-0.05, 0) is 86.0 Å². The summed E-state index contributed by atoms with van der Waals surface area (Å²) < 4.78 is 0. The Balaban J connectivity index is 1.75. The third kappa shape index (κ3) is 1.91. The monoisotopic (exact) mass is 330 g/mol. The SMILES string of the molecule is CC1=C2CC[C@H]3[C@@H]4CC[C@H](O)[C@@]4(C)CC[C@@H]3[C@@]2(C)C/C(=C/O)C1=O. The highest BCUT2D eigenvalue weighted by Crippen LogP contribution is 2.66. The molecule has 0 saturated heterocycles. The molecule has 4 rings (SSSR count). The summed E-state index contributed by atoms with van der Waals surface area (Å²) in [5.74, 6) is 1.88. The minimum absolute atomic E-state index is 0.00431. The predicted molar refractivity (Wildman–Crippen MR) is 93.4 cm³/mol. The first kappa shape index (κ1) is 16.4. The molecule has 0 aliphatic heterocycles. The average Bonchev–Trinajstić information content (AvgIpc) is 2.86. The highest BCUT2D eigenvalue weighted by Gasteiger charge is 2.59. The van der Waals surface area contributed by atoms with Crippen molar-refractivity contribution in [3.63, 3.8) is 0 Å². The van der Waals surface area contributed by atoms with E-state index in [0.29, 0.717) is 29.7 Å². The summed E-state index contributed by atoms with van der Waals surface area (Å²) in [6, 6.07) is 0. The summed E-state index contributed by atoms with van der Waals surface area (Å²) >= 11 is 0. The van der Waals surface area contributed by atoms with Crippen molar-refractivity contribution in [3.05, 3.63) is 23.0 Å². The molecular formula is C21H30O3. The van der Waals surface area contributed by atoms with Crippen molar-refractivity contribution >= 4 is 5.78 Å². The topological polar surface area (TPSA) is 57.5 Å². The van der Waals surface area contributed by atoms with E-state index in [1.54, 1.807) is 0 Å². The number of ketones is 1. The van der Waals surface area contributed by atoms with Gasteiger partial charge in [-0.25, -0.2) is 0 Å². The van der Waals surface area contributed by atoms with Gasteiger partial charge in [0.15, 0.2) is 5.78 Å². The molecule has 0 heterocycles. The summed E-state index contributed by atoms with van der Waals surface area (Å²) in [7, 11) is 0. The van der Waals surface area contributed by atoms with Crippen LogP contribution in [0, 0.1) is 28.6 Å². The third-order valence-corrected chi connectivity index (χ3v) is 8.42. The lowest BCUT2D eigenvalue weighted by atomic mass is 9.46. The van der Waals surface area contributed by atoms with Crippen LogP contribution in [0.3, 0.4) is 0 Å². The molecule has 0 unspecified atom stereocenters. The predicted octanol–water partition coefficient (Wildman–Crippen LogP) is 4.32. The van der Waals surface area contributed by atoms with Gasteiger partial charge in [-0.2, -0.15) is 0 Å². The van der Waals surface area contributed by atoms with Gasteiger partial charge in [-0.15, -0.1) is 0 Å². The molecule has 0 aromatic heterocycles. The number of aliphatic hydroxyl groups is 2. The first-order valence-electron chi connectivity index (χ1n) is 9.59. The Kier molecular flexibility index (Phi) is 3.55. The van der Waals surface area contributed by atoms with Crippen molar-refractivity contribution in [2.45, 2.75) is 71.8 Å². The van der Waals surface area contributed by atoms with E-state index < -0.39 is 0 Å². The molecule has 3 saturated carbocycles. The Morgan fingerprint density at radius 3 is 2.58 bits per heavy atom. The summed E-state index contributed by atoms with van der Waals surface area (Å²) in [5, 5.41) is 20.1. The first-order chi connectivity index (χ1) is 11.3. The average molecular weight is 330 g/mol. The van der Waals surface area contributed by atoms with E-state index in [2.05, 4.69) is 13.8 Å². The molecule has 0 radical (unpaired) electrons. The number of rotatable bonds is 0. The molecule has 0 aromatic carbocycles. The van der Waals surface area contributed by atoms with Crippen LogP contribution in [-0.4, -0.2) is 22.1 Å². The molecule has 0 spiro atoms. The van der Waals surface area contributed by atoms with E-state index in [4.69, 9.17) is 0 Å². The van der Waals surface area contributed by atoms with Crippen LogP contribution in [0.1, 0.15) is 65.7 Å². The minimum Gasteiger partial charge on any atom is -0.515 e. The van der Waals surface area contributed by atoms with Crippen LogP contribution in [-0.2, 0) is 4.79 Å². The first-order valence-corrected chi connectivity index (χ1v) is 9.59. The largest absolute Gasteiger partial charge is 0.515 e. The van der Waals surface area contributed by atoms with E-state index in [1.165, 1.54) is 5.57 Å². The quantitative estimate of drug-likeness (QED) is 0.514. The molecule has 4 aliphatic carbocycles. The number of carbonyl (C=O) groups excluding carboxylic acids is 1. The number of Topliss-reactive ketones (excluding diaryl/α,β-unsaturated/α-hetero) is 1. The Morgan fingerprint density at radius 2 is 1.88 bits per heavy atom. The highest BCUT2D eigenvalue weighted by molar-refractivity contribution is 6.09. The maximum Gasteiger partial charge on any atom is 0.187 e. The van der Waals surface area contributed by atoms with E-state index >= 15 is 0 Å². The second-order valence-electron chi connectivity index (χ2n) is 9.23. The van der Waals surface area contributed by atoms with Crippen LogP contribution in [0.5, 0.6) is 0 Å². The Labute approximate surface area is 144 Å². The lowest BCUT2D eigenvalue weighted by Crippen LogP contribution is -2.51. The van der Waals surface area contributed by atoms with Gasteiger partial charge in [0, 0.05) is 5.57 Å². The van der Waals surface area contributed by atoms with Gasteiger partial charge in [0.05, 0.1) is 12.4 Å². The standard InChI is InChI=1S/C21H30O3/c1-12-15-5-4-14-16-6-7-18(23)20(16,2)9-8-17(14)21(15,3)10-13(11-22)19(12)24/h11,14,16-18,22-23H,4-10H2,1-3H3/b13-11-/t14-,16-,17-,18-,20-,21-/m0/s1. The van der Waals surface area contributed by atoms with Gasteiger partial charge < -0.3 is 10.2 Å². The molecule has 3 nitrogen and oxygen atoms in total. The van der Waals surface area contributed by atoms with Gasteiger partial charge in [0.2, 0.25) is 0 Å². The molecule has 3 heteroatoms. The van der Waals surface area contributed by atoms with E-state index in [0.717, 1.165) is 50.4 Å². The van der Waals surface area contributed by atoms with Crippen LogP contribution in [0.2, 0.25) is 0 Å². The van der Waals surface area contributed by atoms with Crippen molar-refractivity contribution in [1.82, 2.24) is 0 Å². The van der Waals surface area contributed by atoms with Gasteiger partial charge in [-0.3, -0.25) is 4.79 Å². The van der Waals surface area contributed by atoms with Crippen LogP contribution >= 0.6 is 0 Å². The van der Waals surface area contributed by atoms with Gasteiger partial charge >= 0.3 is 0 Å². The number of allylic oxidation sites excluding steroid dienone is 2. The van der Waals surface area contributed by atoms with Crippen LogP contribution in [0.4, 0.5) is 0 Å². The molecule has 0 amide bonds. The summed E-state index contributed by atoms with van der Waals surface area (Å²) in [5.41, 5.74) is 2.90. The lowest BCUT2D eigenvalue weighted by molar-refractivity contribution is -0.114. The van der Waals surface area contributed by atoms with Crippen LogP contribution in [0.25, 0.3) is 0 Å². The molecule has 132 valence electrons. The fraction of sp³-hybridized carbons (Fsp3) is 0.762. The molecule has 24 heavy (non-hydrogen) atoms. The van der Waals surface area contributed by atoms with Crippen molar-refractivity contribution in [3.8, 4) is 0 Å². The normalized spacial score (nSPS) is 49.8. The van der Waals surface area contributed by atoms with E-state index in [-0.39, 0.29) is 22.7 Å². The van der Waals surface area contributed by atoms with E-state index in [9.17, 15) is 15.0 Å². The van der Waals surface area contributed by atoms with Crippen molar-refractivity contribution in [1.29, 1.82) is 0 Å². The smallest absolute Gasteiger partial charge is 0.187 e. The Hall–Kier alpha value is -1.09. The van der Waals surface area contributed by atoms with Crippen molar-refractivity contribution in [2.24, 2.45) is 28.6 Å². The summed E-state index contributed by atoms with van der Waals surface area (Å²) in [4.78, 5) is 12.5. The fourth-order valence-corrected chi connectivity index (χ4v) is 7.09. The molecule has 0 aromatic rings. The molecule has 4 aliphatic rings. The Morgan fingerprint density at radius 1 is 1.12 bits per heavy atom. The van der Waals surface area contributed by atoms with Gasteiger partial charge in [0.1, 0.15) is 0 Å². The zero-order chi connectivity index (χ0) is 17.3. The van der Waals surface area contributed by atoms with Crippen molar-refractivity contribution < 1.29 is 15.0 Å². The summed E-state index contributed by atoms with van der Waals surface area (Å²) in [6.07, 6.45) is 8.07. The number of hydrogen-bond donors (Lipinski definition) is 2. The Bertz CT molecular complexity index is 645. The van der Waals surface area contributed by atoms with Crippen LogP contribution in [0.15, 0.2) is 23.0 Å². The lowest BCUT2D eigenvalue weighted by Gasteiger charge is -2.58. The second kappa shape index (κ2) is 5.20. The molecular weight excluding hydrogens is 300 g/mol. The number of carbonyl (C=O) groups is 1. The molecule has 0 bridgehead atoms. The second-order valence-corrected chi connectivity index (χ2v) is 9.23. The zero-order valence-corrected chi connectivity index (χ0v) is 15.1. The molecule has 2 N–H and O–H groups in total. The maximum atomic E-state index is 12.5. The highest BCUT2D eigenvalue weighted by atomic mass is 16.3. The van der Waals surface area contributed by atoms with Crippen LogP contribution < -0.4 is 0 Å². The van der Waals surface area contributed by atoms with E-state index in [1.807, 2.05) is 6.92 Å². The van der Waals surface area contributed by atoms with Crippen molar-refractivity contribution in [2.75, 3.05) is 0 Å². The third-order valence-electron chi connectivity index (χ3n) is 8.42.